The summed E-state index contributed by atoms with van der Waals surface area (Å²) in [6, 6.07) is 4.99. The lowest BCUT2D eigenvalue weighted by atomic mass is 10.4. The summed E-state index contributed by atoms with van der Waals surface area (Å²) in [7, 11) is 0. The van der Waals surface area contributed by atoms with E-state index in [1.54, 1.807) is 25.1 Å². The Hall–Kier alpha value is -0.380. The van der Waals surface area contributed by atoms with Crippen molar-refractivity contribution in [2.24, 2.45) is 0 Å². The molecule has 0 bridgehead atoms. The molecule has 0 spiro atoms. The molecule has 0 aliphatic carbocycles. The first-order valence-corrected chi connectivity index (χ1v) is 5.48. The third kappa shape index (κ3) is 3.40. The summed E-state index contributed by atoms with van der Waals surface area (Å²) in [5.74, 6) is -0.855. The van der Waals surface area contributed by atoms with Crippen LogP contribution in [0.3, 0.4) is 0 Å². The van der Waals surface area contributed by atoms with Gasteiger partial charge in [0, 0.05) is 14.9 Å². The number of carbonyl (C=O) groups is 1. The molecule has 0 radical (unpaired) electrons. The Morgan fingerprint density at radius 3 is 2.29 bits per heavy atom. The van der Waals surface area contributed by atoms with E-state index in [1.807, 2.05) is 0 Å². The van der Waals surface area contributed by atoms with Crippen molar-refractivity contribution in [2.45, 2.75) is 17.1 Å². The average molecular weight is 251 g/mol. The van der Waals surface area contributed by atoms with Gasteiger partial charge < -0.3 is 5.11 Å². The molecule has 0 heterocycles. The molecule has 0 saturated carbocycles. The summed E-state index contributed by atoms with van der Waals surface area (Å²) in [6.45, 7) is 1.61. The topological polar surface area (TPSA) is 37.3 Å². The van der Waals surface area contributed by atoms with Crippen molar-refractivity contribution in [3.8, 4) is 0 Å². The minimum atomic E-state index is -0.855. The fourth-order valence-corrected chi connectivity index (χ4v) is 2.41. The summed E-state index contributed by atoms with van der Waals surface area (Å²) < 4.78 is 0. The molecular weight excluding hydrogens is 243 g/mol. The molecule has 1 aromatic carbocycles. The number of rotatable bonds is 3. The zero-order chi connectivity index (χ0) is 10.7. The molecule has 5 heteroatoms. The molecule has 0 fully saturated rings. The van der Waals surface area contributed by atoms with Crippen LogP contribution >= 0.6 is 35.0 Å². The lowest BCUT2D eigenvalue weighted by Gasteiger charge is -2.06. The number of thioether (sulfide) groups is 1. The number of carboxylic acids is 1. The van der Waals surface area contributed by atoms with Gasteiger partial charge in [0.1, 0.15) is 5.25 Å². The monoisotopic (exact) mass is 250 g/mol. The molecule has 2 nitrogen and oxygen atoms in total. The SMILES string of the molecule is CC(Sc1cc(Cl)cc(Cl)c1)C(=O)O. The van der Waals surface area contributed by atoms with Crippen LogP contribution in [0.2, 0.25) is 10.0 Å². The normalized spacial score (nSPS) is 12.5. The average Bonchev–Trinajstić information content (AvgIpc) is 2.01. The van der Waals surface area contributed by atoms with Gasteiger partial charge in [0.25, 0.3) is 0 Å². The van der Waals surface area contributed by atoms with Gasteiger partial charge in [-0.1, -0.05) is 23.2 Å². The highest BCUT2D eigenvalue weighted by atomic mass is 35.5. The summed E-state index contributed by atoms with van der Waals surface area (Å²) in [6.07, 6.45) is 0. The first-order valence-electron chi connectivity index (χ1n) is 3.84. The molecule has 1 N–H and O–H groups in total. The van der Waals surface area contributed by atoms with Crippen LogP contribution in [0.15, 0.2) is 23.1 Å². The zero-order valence-corrected chi connectivity index (χ0v) is 9.66. The lowest BCUT2D eigenvalue weighted by Crippen LogP contribution is -2.10. The molecule has 0 saturated heterocycles. The van der Waals surface area contributed by atoms with Crippen molar-refractivity contribution in [3.63, 3.8) is 0 Å². The predicted molar refractivity (Wildman–Crippen MR) is 59.4 cm³/mol. The van der Waals surface area contributed by atoms with Crippen molar-refractivity contribution in [1.29, 1.82) is 0 Å². The smallest absolute Gasteiger partial charge is 0.316 e. The molecule has 1 unspecified atom stereocenters. The largest absolute Gasteiger partial charge is 0.480 e. The molecular formula is C9H8Cl2O2S. The van der Waals surface area contributed by atoms with E-state index in [4.69, 9.17) is 28.3 Å². The van der Waals surface area contributed by atoms with Crippen molar-refractivity contribution >= 4 is 40.9 Å². The highest BCUT2D eigenvalue weighted by Crippen LogP contribution is 2.29. The number of carboxylic acid groups (broad SMARTS) is 1. The van der Waals surface area contributed by atoms with Gasteiger partial charge in [-0.25, -0.2) is 0 Å². The summed E-state index contributed by atoms with van der Waals surface area (Å²) in [4.78, 5) is 11.3. The van der Waals surface area contributed by atoms with Gasteiger partial charge in [-0.2, -0.15) is 0 Å². The van der Waals surface area contributed by atoms with E-state index in [0.717, 1.165) is 4.90 Å². The highest BCUT2D eigenvalue weighted by Gasteiger charge is 2.12. The van der Waals surface area contributed by atoms with Gasteiger partial charge in [0.15, 0.2) is 0 Å². The quantitative estimate of drug-likeness (QED) is 0.834. The van der Waals surface area contributed by atoms with Crippen molar-refractivity contribution in [2.75, 3.05) is 0 Å². The fourth-order valence-electron chi connectivity index (χ4n) is 0.851. The van der Waals surface area contributed by atoms with Gasteiger partial charge in [-0.05, 0) is 25.1 Å². The highest BCUT2D eigenvalue weighted by molar-refractivity contribution is 8.00. The second kappa shape index (κ2) is 4.91. The van der Waals surface area contributed by atoms with Crippen LogP contribution in [0.5, 0.6) is 0 Å². The van der Waals surface area contributed by atoms with Gasteiger partial charge in [0.2, 0.25) is 0 Å². The van der Waals surface area contributed by atoms with Gasteiger partial charge in [-0.15, -0.1) is 11.8 Å². The Kier molecular flexibility index (Phi) is 4.11. The van der Waals surface area contributed by atoms with Crippen LogP contribution in [0.4, 0.5) is 0 Å². The minimum absolute atomic E-state index is 0.510. The lowest BCUT2D eigenvalue weighted by molar-refractivity contribution is -0.136. The Balaban J connectivity index is 2.81. The molecule has 1 atom stereocenters. The number of aliphatic carboxylic acids is 1. The van der Waals surface area contributed by atoms with Crippen LogP contribution < -0.4 is 0 Å². The molecule has 14 heavy (non-hydrogen) atoms. The molecule has 1 rings (SSSR count). The van der Waals surface area contributed by atoms with Crippen LogP contribution in [0.25, 0.3) is 0 Å². The third-order valence-corrected chi connectivity index (χ3v) is 3.00. The molecule has 76 valence electrons. The standard InChI is InChI=1S/C9H8Cl2O2S/c1-5(9(12)13)14-8-3-6(10)2-7(11)4-8/h2-5H,1H3,(H,12,13). The maximum atomic E-state index is 10.6. The summed E-state index contributed by atoms with van der Waals surface area (Å²) >= 11 is 12.7. The van der Waals surface area contributed by atoms with Crippen LogP contribution in [0, 0.1) is 0 Å². The molecule has 0 aliphatic rings. The maximum Gasteiger partial charge on any atom is 0.316 e. The Bertz CT molecular complexity index is 334. The summed E-state index contributed by atoms with van der Waals surface area (Å²) in [5.41, 5.74) is 0. The third-order valence-electron chi connectivity index (χ3n) is 1.50. The number of benzene rings is 1. The van der Waals surface area contributed by atoms with Gasteiger partial charge >= 0.3 is 5.97 Å². The van der Waals surface area contributed by atoms with E-state index in [-0.39, 0.29) is 0 Å². The second-order valence-corrected chi connectivity index (χ2v) is 4.99. The minimum Gasteiger partial charge on any atom is -0.480 e. The van der Waals surface area contributed by atoms with E-state index in [2.05, 4.69) is 0 Å². The molecule has 0 aromatic heterocycles. The summed E-state index contributed by atoms with van der Waals surface area (Å²) in [5, 5.41) is 9.21. The van der Waals surface area contributed by atoms with Crippen LogP contribution in [-0.2, 0) is 4.79 Å². The molecule has 0 aliphatic heterocycles. The zero-order valence-electron chi connectivity index (χ0n) is 7.33. The fraction of sp³-hybridized carbons (Fsp3) is 0.222. The maximum absolute atomic E-state index is 10.6. The first-order chi connectivity index (χ1) is 6.49. The molecule has 1 aromatic rings. The predicted octanol–water partition coefficient (Wildman–Crippen LogP) is 3.56. The van der Waals surface area contributed by atoms with Crippen LogP contribution in [0.1, 0.15) is 6.92 Å². The van der Waals surface area contributed by atoms with Crippen molar-refractivity contribution in [3.05, 3.63) is 28.2 Å². The Morgan fingerprint density at radius 1 is 1.36 bits per heavy atom. The van der Waals surface area contributed by atoms with Gasteiger partial charge in [-0.3, -0.25) is 4.79 Å². The Morgan fingerprint density at radius 2 is 1.86 bits per heavy atom. The number of hydrogen-bond acceptors (Lipinski definition) is 2. The number of hydrogen-bond donors (Lipinski definition) is 1. The molecule has 0 amide bonds. The van der Waals surface area contributed by atoms with Crippen LogP contribution in [-0.4, -0.2) is 16.3 Å². The van der Waals surface area contributed by atoms with E-state index in [9.17, 15) is 4.79 Å². The van der Waals surface area contributed by atoms with E-state index < -0.39 is 11.2 Å². The van der Waals surface area contributed by atoms with Crippen molar-refractivity contribution < 1.29 is 9.90 Å². The van der Waals surface area contributed by atoms with E-state index in [1.165, 1.54) is 11.8 Å². The second-order valence-electron chi connectivity index (χ2n) is 2.70. The Labute approximate surface area is 96.2 Å². The number of halogens is 2. The van der Waals surface area contributed by atoms with Gasteiger partial charge in [0.05, 0.1) is 0 Å². The van der Waals surface area contributed by atoms with E-state index in [0.29, 0.717) is 10.0 Å². The van der Waals surface area contributed by atoms with E-state index >= 15 is 0 Å². The van der Waals surface area contributed by atoms with Crippen molar-refractivity contribution in [1.82, 2.24) is 0 Å². The first kappa shape index (κ1) is 11.7.